The molecule has 0 saturated carbocycles. The van der Waals surface area contributed by atoms with E-state index < -0.39 is 0 Å². The zero-order valence-corrected chi connectivity index (χ0v) is 23.3. The second-order valence-electron chi connectivity index (χ2n) is 9.92. The minimum Gasteiger partial charge on any atom is -0.450 e. The Labute approximate surface area is 246 Å². The highest BCUT2D eigenvalue weighted by atomic mass is 35.5. The molecule has 1 aliphatic heterocycles. The van der Waals surface area contributed by atoms with Gasteiger partial charge in [-0.15, -0.1) is 11.3 Å². The fraction of sp³-hybridized carbons (Fsp3) is 0. The Morgan fingerprint density at radius 3 is 1.95 bits per heavy atom. The predicted octanol–water partition coefficient (Wildman–Crippen LogP) is 11.7. The number of rotatable bonds is 4. The van der Waals surface area contributed by atoms with Crippen molar-refractivity contribution in [3.8, 4) is 34.1 Å². The molecule has 0 spiro atoms. The van der Waals surface area contributed by atoms with Crippen LogP contribution in [0.15, 0.2) is 133 Å². The van der Waals surface area contributed by atoms with E-state index in [1.165, 1.54) is 20.2 Å². The van der Waals surface area contributed by atoms with Crippen LogP contribution in [0.25, 0.3) is 31.3 Å². The fourth-order valence-corrected chi connectivity index (χ4v) is 6.97. The second-order valence-corrected chi connectivity index (χ2v) is 11.4. The summed E-state index contributed by atoms with van der Waals surface area (Å²) in [7, 11) is 0. The molecule has 1 aliphatic rings. The van der Waals surface area contributed by atoms with Crippen LogP contribution < -0.4 is 14.4 Å². The molecule has 5 heteroatoms. The van der Waals surface area contributed by atoms with Crippen molar-refractivity contribution in [3.63, 3.8) is 0 Å². The number of ether oxygens (including phenoxy) is 2. The molecule has 0 amide bonds. The first-order valence-corrected chi connectivity index (χ1v) is 14.6. The van der Waals surface area contributed by atoms with Crippen LogP contribution in [0.1, 0.15) is 0 Å². The van der Waals surface area contributed by atoms with Crippen LogP contribution in [0.5, 0.6) is 23.0 Å². The Morgan fingerprint density at radius 1 is 0.512 bits per heavy atom. The Kier molecular flexibility index (Phi) is 5.69. The number of nitrogens with zero attached hydrogens (tertiary/aromatic N) is 1. The van der Waals surface area contributed by atoms with Gasteiger partial charge in [0.05, 0.1) is 5.69 Å². The van der Waals surface area contributed by atoms with Crippen LogP contribution in [0.3, 0.4) is 0 Å². The van der Waals surface area contributed by atoms with E-state index in [1.54, 1.807) is 11.3 Å². The van der Waals surface area contributed by atoms with Crippen LogP contribution in [0, 0.1) is 0 Å². The van der Waals surface area contributed by atoms with Crippen molar-refractivity contribution in [2.75, 3.05) is 4.90 Å². The number of para-hydroxylation sites is 3. The third kappa shape index (κ3) is 4.20. The van der Waals surface area contributed by atoms with Gasteiger partial charge in [0.2, 0.25) is 0 Å². The minimum atomic E-state index is 0.685. The van der Waals surface area contributed by atoms with E-state index in [0.717, 1.165) is 39.0 Å². The maximum absolute atomic E-state index is 6.61. The lowest BCUT2D eigenvalue weighted by Gasteiger charge is -2.27. The summed E-state index contributed by atoms with van der Waals surface area (Å²) in [6, 6.07) is 45.5. The molecule has 2 heterocycles. The van der Waals surface area contributed by atoms with Gasteiger partial charge in [-0.25, -0.2) is 0 Å². The standard InChI is InChI=1S/C36H22ClNO2S/c37-24-20-29(36-28-10-4-7-13-34(28)41-35(36)21-24)23-14-16-26(17-15-23)38(25-8-2-1-3-9-25)27-18-19-32-33(22-27)40-31-12-6-5-11-30(31)39-32/h1-22H. The van der Waals surface area contributed by atoms with Gasteiger partial charge in [0.25, 0.3) is 0 Å². The van der Waals surface area contributed by atoms with Gasteiger partial charge in [-0.1, -0.05) is 72.3 Å². The molecule has 0 fully saturated rings. The second kappa shape index (κ2) is 9.70. The molecule has 0 N–H and O–H groups in total. The van der Waals surface area contributed by atoms with Gasteiger partial charge in [0.1, 0.15) is 0 Å². The summed E-state index contributed by atoms with van der Waals surface area (Å²) in [5, 5.41) is 3.24. The molecule has 0 radical (unpaired) electrons. The zero-order chi connectivity index (χ0) is 27.3. The van der Waals surface area contributed by atoms with Crippen LogP contribution in [-0.4, -0.2) is 0 Å². The molecule has 0 saturated heterocycles. The summed E-state index contributed by atoms with van der Waals surface area (Å²) in [4.78, 5) is 2.22. The number of fused-ring (bicyclic) bond motifs is 5. The largest absolute Gasteiger partial charge is 0.450 e. The van der Waals surface area contributed by atoms with Gasteiger partial charge < -0.3 is 14.4 Å². The Morgan fingerprint density at radius 2 is 1.15 bits per heavy atom. The average molecular weight is 568 g/mol. The molecule has 3 nitrogen and oxygen atoms in total. The van der Waals surface area contributed by atoms with Gasteiger partial charge in [-0.05, 0) is 77.9 Å². The molecule has 1 aromatic heterocycles. The fourth-order valence-electron chi connectivity index (χ4n) is 5.52. The summed E-state index contributed by atoms with van der Waals surface area (Å²) < 4.78 is 14.8. The van der Waals surface area contributed by atoms with Crippen molar-refractivity contribution < 1.29 is 9.47 Å². The molecular formula is C36H22ClNO2S. The molecule has 0 atom stereocenters. The zero-order valence-electron chi connectivity index (χ0n) is 21.8. The van der Waals surface area contributed by atoms with Crippen molar-refractivity contribution in [2.45, 2.75) is 0 Å². The third-order valence-electron chi connectivity index (χ3n) is 7.37. The van der Waals surface area contributed by atoms with E-state index in [-0.39, 0.29) is 0 Å². The smallest absolute Gasteiger partial charge is 0.172 e. The molecule has 6 aromatic carbocycles. The van der Waals surface area contributed by atoms with E-state index in [4.69, 9.17) is 21.1 Å². The number of halogens is 1. The highest BCUT2D eigenvalue weighted by molar-refractivity contribution is 7.26. The first-order chi connectivity index (χ1) is 20.2. The number of benzene rings is 6. The summed E-state index contributed by atoms with van der Waals surface area (Å²) in [5.41, 5.74) is 5.31. The number of hydrogen-bond acceptors (Lipinski definition) is 4. The highest BCUT2D eigenvalue weighted by Crippen LogP contribution is 2.48. The lowest BCUT2D eigenvalue weighted by atomic mass is 9.99. The van der Waals surface area contributed by atoms with E-state index >= 15 is 0 Å². The molecule has 0 aliphatic carbocycles. The number of hydrogen-bond donors (Lipinski definition) is 0. The Hall–Kier alpha value is -4.77. The summed E-state index contributed by atoms with van der Waals surface area (Å²) in [6.07, 6.45) is 0. The number of anilines is 3. The summed E-state index contributed by atoms with van der Waals surface area (Å²) in [5.74, 6) is 2.81. The van der Waals surface area contributed by atoms with Gasteiger partial charge >= 0.3 is 0 Å². The quantitative estimate of drug-likeness (QED) is 0.211. The van der Waals surface area contributed by atoms with E-state index in [1.807, 2.05) is 42.5 Å². The van der Waals surface area contributed by atoms with Crippen LogP contribution in [0.2, 0.25) is 5.02 Å². The SMILES string of the molecule is Clc1cc(-c2ccc(N(c3ccccc3)c3ccc4c(c3)Oc3ccccc3O4)cc2)c2c(c1)sc1ccccc12. The molecule has 7 aromatic rings. The molecule has 0 unspecified atom stereocenters. The summed E-state index contributed by atoms with van der Waals surface area (Å²) >= 11 is 8.39. The predicted molar refractivity (Wildman–Crippen MR) is 171 cm³/mol. The van der Waals surface area contributed by atoms with Gasteiger partial charge in [-0.2, -0.15) is 0 Å². The maximum atomic E-state index is 6.61. The van der Waals surface area contributed by atoms with E-state index in [9.17, 15) is 0 Å². The van der Waals surface area contributed by atoms with Crippen molar-refractivity contribution in [1.29, 1.82) is 0 Å². The van der Waals surface area contributed by atoms with Crippen LogP contribution in [-0.2, 0) is 0 Å². The molecule has 41 heavy (non-hydrogen) atoms. The molecule has 8 rings (SSSR count). The highest BCUT2D eigenvalue weighted by Gasteiger charge is 2.21. The molecule has 196 valence electrons. The van der Waals surface area contributed by atoms with Gasteiger partial charge in [0, 0.05) is 42.6 Å². The molecule has 0 bridgehead atoms. The minimum absolute atomic E-state index is 0.685. The topological polar surface area (TPSA) is 21.7 Å². The lowest BCUT2D eigenvalue weighted by molar-refractivity contribution is 0.360. The van der Waals surface area contributed by atoms with Crippen molar-refractivity contribution in [3.05, 3.63) is 138 Å². The van der Waals surface area contributed by atoms with Crippen molar-refractivity contribution in [2.24, 2.45) is 0 Å². The maximum Gasteiger partial charge on any atom is 0.172 e. The normalized spacial score (nSPS) is 11.9. The lowest BCUT2D eigenvalue weighted by Crippen LogP contribution is -2.10. The monoisotopic (exact) mass is 567 g/mol. The van der Waals surface area contributed by atoms with Crippen LogP contribution >= 0.6 is 22.9 Å². The van der Waals surface area contributed by atoms with Gasteiger partial charge in [0.15, 0.2) is 23.0 Å². The van der Waals surface area contributed by atoms with Crippen molar-refractivity contribution >= 4 is 60.2 Å². The average Bonchev–Trinajstić information content (AvgIpc) is 3.39. The first kappa shape index (κ1) is 24.1. The molecular weight excluding hydrogens is 546 g/mol. The van der Waals surface area contributed by atoms with Gasteiger partial charge in [-0.3, -0.25) is 0 Å². The van der Waals surface area contributed by atoms with E-state index in [0.29, 0.717) is 17.2 Å². The first-order valence-electron chi connectivity index (χ1n) is 13.4. The third-order valence-corrected chi connectivity index (χ3v) is 8.70. The van der Waals surface area contributed by atoms with Crippen LogP contribution in [0.4, 0.5) is 17.1 Å². The summed E-state index contributed by atoms with van der Waals surface area (Å²) in [6.45, 7) is 0. The van der Waals surface area contributed by atoms with E-state index in [2.05, 4.69) is 95.9 Å². The Balaban J connectivity index is 1.22. The van der Waals surface area contributed by atoms with Crippen molar-refractivity contribution in [1.82, 2.24) is 0 Å². The number of thiophene rings is 1. The Bertz CT molecular complexity index is 2070.